The molecule has 0 bridgehead atoms. The van der Waals surface area contributed by atoms with Crippen LogP contribution in [0.15, 0.2) is 51.1 Å². The van der Waals surface area contributed by atoms with Gasteiger partial charge in [0.15, 0.2) is 0 Å². The second kappa shape index (κ2) is 7.76. The summed E-state index contributed by atoms with van der Waals surface area (Å²) in [7, 11) is 0. The van der Waals surface area contributed by atoms with E-state index in [1.807, 2.05) is 18.3 Å². The molecule has 1 atom stereocenters. The number of hydrogen-bond donors (Lipinski definition) is 1. The molecule has 0 aliphatic heterocycles. The third-order valence-corrected chi connectivity index (χ3v) is 4.81. The van der Waals surface area contributed by atoms with Crippen LogP contribution in [0.2, 0.25) is 0 Å². The summed E-state index contributed by atoms with van der Waals surface area (Å²) < 4.78 is 1.01. The summed E-state index contributed by atoms with van der Waals surface area (Å²) in [5, 5.41) is 4.40. The fourth-order valence-electron chi connectivity index (χ4n) is 1.92. The molecule has 1 N–H and O–H groups in total. The average molecular weight is 352 g/mol. The van der Waals surface area contributed by atoms with Crippen LogP contribution < -0.4 is 5.32 Å². The van der Waals surface area contributed by atoms with Crippen molar-refractivity contribution in [2.45, 2.75) is 36.2 Å². The van der Waals surface area contributed by atoms with Crippen molar-refractivity contribution in [1.82, 2.24) is 15.3 Å². The summed E-state index contributed by atoms with van der Waals surface area (Å²) in [5.41, 5.74) is 1.10. The first kappa shape index (κ1) is 15.5. The molecule has 2 heterocycles. The minimum absolute atomic E-state index is 0.334. The van der Waals surface area contributed by atoms with Gasteiger partial charge in [0, 0.05) is 23.3 Å². The lowest BCUT2D eigenvalue weighted by Crippen LogP contribution is -2.20. The zero-order chi connectivity index (χ0) is 14.4. The van der Waals surface area contributed by atoms with Crippen molar-refractivity contribution in [2.24, 2.45) is 0 Å². The highest BCUT2D eigenvalue weighted by Crippen LogP contribution is 2.31. The van der Waals surface area contributed by atoms with Gasteiger partial charge in [0.2, 0.25) is 0 Å². The maximum atomic E-state index is 4.57. The quantitative estimate of drug-likeness (QED) is 0.834. The predicted molar refractivity (Wildman–Crippen MR) is 87.0 cm³/mol. The number of aromatic nitrogens is 2. The predicted octanol–water partition coefficient (Wildman–Crippen LogP) is 4.45. The highest BCUT2D eigenvalue weighted by molar-refractivity contribution is 9.10. The van der Waals surface area contributed by atoms with E-state index >= 15 is 0 Å². The van der Waals surface area contributed by atoms with Crippen LogP contribution >= 0.6 is 27.7 Å². The van der Waals surface area contributed by atoms with Crippen LogP contribution in [0.5, 0.6) is 0 Å². The second-order valence-electron chi connectivity index (χ2n) is 4.33. The van der Waals surface area contributed by atoms with Crippen molar-refractivity contribution < 1.29 is 0 Å². The van der Waals surface area contributed by atoms with Gasteiger partial charge >= 0.3 is 0 Å². The van der Waals surface area contributed by atoms with Crippen LogP contribution in [0.1, 0.15) is 32.0 Å². The van der Waals surface area contributed by atoms with Crippen LogP contribution in [-0.4, -0.2) is 16.5 Å². The molecule has 20 heavy (non-hydrogen) atoms. The summed E-state index contributed by atoms with van der Waals surface area (Å²) in [6, 6.07) is 8.44. The number of nitrogens with zero attached hydrogens (tertiary/aromatic N) is 2. The Morgan fingerprint density at radius 3 is 2.70 bits per heavy atom. The van der Waals surface area contributed by atoms with Gasteiger partial charge in [0.25, 0.3) is 0 Å². The molecule has 2 rings (SSSR count). The van der Waals surface area contributed by atoms with Gasteiger partial charge in [-0.2, -0.15) is 0 Å². The van der Waals surface area contributed by atoms with E-state index in [2.05, 4.69) is 57.2 Å². The van der Waals surface area contributed by atoms with Crippen molar-refractivity contribution in [1.29, 1.82) is 0 Å². The normalized spacial score (nSPS) is 12.3. The van der Waals surface area contributed by atoms with E-state index < -0.39 is 0 Å². The molecule has 5 heteroatoms. The molecule has 2 aromatic heterocycles. The van der Waals surface area contributed by atoms with Gasteiger partial charge in [-0.25, -0.2) is 4.98 Å². The Morgan fingerprint density at radius 2 is 2.10 bits per heavy atom. The molecular weight excluding hydrogens is 334 g/mol. The van der Waals surface area contributed by atoms with E-state index in [4.69, 9.17) is 0 Å². The van der Waals surface area contributed by atoms with Crippen molar-refractivity contribution in [3.63, 3.8) is 0 Å². The van der Waals surface area contributed by atoms with E-state index in [-0.39, 0.29) is 0 Å². The van der Waals surface area contributed by atoms with Gasteiger partial charge in [-0.05, 0) is 53.2 Å². The fraction of sp³-hybridized carbons (Fsp3) is 0.333. The molecule has 0 radical (unpaired) electrons. The van der Waals surface area contributed by atoms with Crippen molar-refractivity contribution in [2.75, 3.05) is 6.54 Å². The average Bonchev–Trinajstić information content (AvgIpc) is 2.48. The van der Waals surface area contributed by atoms with E-state index in [0.717, 1.165) is 33.1 Å². The van der Waals surface area contributed by atoms with E-state index in [9.17, 15) is 0 Å². The molecule has 0 saturated carbocycles. The lowest BCUT2D eigenvalue weighted by molar-refractivity contribution is 0.524. The van der Waals surface area contributed by atoms with Crippen molar-refractivity contribution >= 4 is 27.7 Å². The molecule has 106 valence electrons. The number of nitrogens with one attached hydrogen (secondary N) is 1. The largest absolute Gasteiger partial charge is 0.309 e. The lowest BCUT2D eigenvalue weighted by Gasteiger charge is -2.15. The van der Waals surface area contributed by atoms with E-state index in [1.165, 1.54) is 0 Å². The van der Waals surface area contributed by atoms with Gasteiger partial charge in [-0.1, -0.05) is 25.6 Å². The number of pyridine rings is 2. The monoisotopic (exact) mass is 351 g/mol. The third-order valence-electron chi connectivity index (χ3n) is 2.91. The van der Waals surface area contributed by atoms with Crippen LogP contribution in [0.3, 0.4) is 0 Å². The molecule has 2 aromatic rings. The smallest absolute Gasteiger partial charge is 0.115 e. The van der Waals surface area contributed by atoms with Crippen LogP contribution in [0.25, 0.3) is 0 Å². The minimum atomic E-state index is 0.334. The summed E-state index contributed by atoms with van der Waals surface area (Å²) in [4.78, 5) is 10.0. The van der Waals surface area contributed by atoms with Crippen molar-refractivity contribution in [3.05, 3.63) is 46.8 Å². The van der Waals surface area contributed by atoms with Crippen molar-refractivity contribution in [3.8, 4) is 0 Å². The summed E-state index contributed by atoms with van der Waals surface area (Å²) in [6.07, 6.45) is 4.76. The Bertz CT molecular complexity index is 545. The Labute approximate surface area is 132 Å². The molecule has 0 aliphatic carbocycles. The lowest BCUT2D eigenvalue weighted by atomic mass is 10.1. The first-order valence-electron chi connectivity index (χ1n) is 6.72. The summed E-state index contributed by atoms with van der Waals surface area (Å²) in [5.74, 6) is 0. The van der Waals surface area contributed by atoms with Gasteiger partial charge in [0.1, 0.15) is 5.03 Å². The summed E-state index contributed by atoms with van der Waals surface area (Å²) in [6.45, 7) is 5.24. The van der Waals surface area contributed by atoms with E-state index in [0.29, 0.717) is 6.04 Å². The zero-order valence-corrected chi connectivity index (χ0v) is 14.0. The Kier molecular flexibility index (Phi) is 6.01. The van der Waals surface area contributed by atoms with Gasteiger partial charge < -0.3 is 5.32 Å². The molecule has 1 unspecified atom stereocenters. The third kappa shape index (κ3) is 4.04. The SMILES string of the molecule is CCNC(CC)c1ccc(Sc2ncccc2Br)cn1. The van der Waals surface area contributed by atoms with Crippen LogP contribution in [0.4, 0.5) is 0 Å². The van der Waals surface area contributed by atoms with Gasteiger partial charge in [-0.3, -0.25) is 4.98 Å². The maximum absolute atomic E-state index is 4.57. The Morgan fingerprint density at radius 1 is 1.25 bits per heavy atom. The number of rotatable bonds is 6. The molecule has 0 aliphatic rings. The van der Waals surface area contributed by atoms with E-state index in [1.54, 1.807) is 18.0 Å². The molecule has 0 amide bonds. The molecule has 0 saturated heterocycles. The molecule has 0 fully saturated rings. The molecular formula is C15H18BrN3S. The van der Waals surface area contributed by atoms with Crippen LogP contribution in [-0.2, 0) is 0 Å². The highest BCUT2D eigenvalue weighted by Gasteiger charge is 2.09. The second-order valence-corrected chi connectivity index (χ2v) is 6.25. The maximum Gasteiger partial charge on any atom is 0.115 e. The number of halogens is 1. The Hall–Kier alpha value is -0.910. The molecule has 0 aromatic carbocycles. The fourth-order valence-corrected chi connectivity index (χ4v) is 3.16. The van der Waals surface area contributed by atoms with Gasteiger partial charge in [0.05, 0.1) is 10.2 Å². The first-order valence-corrected chi connectivity index (χ1v) is 8.33. The van der Waals surface area contributed by atoms with Gasteiger partial charge in [-0.15, -0.1) is 0 Å². The standard InChI is InChI=1S/C15H18BrN3S/c1-3-13(17-4-2)14-8-7-11(10-19-14)20-15-12(16)6-5-9-18-15/h5-10,13,17H,3-4H2,1-2H3. The zero-order valence-electron chi connectivity index (χ0n) is 11.6. The topological polar surface area (TPSA) is 37.8 Å². The van der Waals surface area contributed by atoms with Crippen LogP contribution in [0, 0.1) is 0 Å². The summed E-state index contributed by atoms with van der Waals surface area (Å²) >= 11 is 5.12. The molecule has 3 nitrogen and oxygen atoms in total. The first-order chi connectivity index (χ1) is 9.74. The highest BCUT2D eigenvalue weighted by atomic mass is 79.9. The molecule has 0 spiro atoms. The minimum Gasteiger partial charge on any atom is -0.309 e. The Balaban J connectivity index is 2.10. The number of hydrogen-bond acceptors (Lipinski definition) is 4.